The number of methoxy groups -OCH3 is 1. The molecule has 0 heterocycles. The number of para-hydroxylation sites is 1. The molecule has 0 aliphatic heterocycles. The van der Waals surface area contributed by atoms with Gasteiger partial charge in [-0.2, -0.15) is 0 Å². The van der Waals surface area contributed by atoms with Crippen molar-refractivity contribution in [3.63, 3.8) is 0 Å². The Kier molecular flexibility index (Phi) is 5.66. The van der Waals surface area contributed by atoms with Crippen LogP contribution in [0.15, 0.2) is 66.7 Å². The van der Waals surface area contributed by atoms with Gasteiger partial charge in [0.1, 0.15) is 5.75 Å². The van der Waals surface area contributed by atoms with E-state index in [1.165, 1.54) is 13.2 Å². The molecule has 0 saturated heterocycles. The van der Waals surface area contributed by atoms with Gasteiger partial charge in [-0.25, -0.2) is 8.78 Å². The summed E-state index contributed by atoms with van der Waals surface area (Å²) in [6, 6.07) is 17.8. The van der Waals surface area contributed by atoms with Gasteiger partial charge in [0, 0.05) is 17.8 Å². The monoisotopic (exact) mass is 368 g/mol. The first-order chi connectivity index (χ1) is 13.1. The number of anilines is 2. The number of carbonyl (C=O) groups excluding carboxylic acids is 1. The van der Waals surface area contributed by atoms with Gasteiger partial charge in [-0.05, 0) is 48.0 Å². The average Bonchev–Trinajstić information content (AvgIpc) is 2.69. The van der Waals surface area contributed by atoms with E-state index in [1.54, 1.807) is 30.3 Å². The summed E-state index contributed by atoms with van der Waals surface area (Å²) in [5.74, 6) is -1.53. The van der Waals surface area contributed by atoms with E-state index in [1.807, 2.05) is 18.2 Å². The summed E-state index contributed by atoms with van der Waals surface area (Å²) in [5, 5.41) is 5.90. The molecule has 0 spiro atoms. The van der Waals surface area contributed by atoms with Gasteiger partial charge in [-0.1, -0.05) is 24.3 Å². The van der Waals surface area contributed by atoms with E-state index >= 15 is 0 Å². The molecule has 0 aliphatic rings. The summed E-state index contributed by atoms with van der Waals surface area (Å²) < 4.78 is 31.7. The molecule has 0 aromatic heterocycles. The fourth-order valence-electron chi connectivity index (χ4n) is 2.56. The van der Waals surface area contributed by atoms with Crippen LogP contribution < -0.4 is 15.4 Å². The Labute approximate surface area is 155 Å². The average molecular weight is 368 g/mol. The van der Waals surface area contributed by atoms with Gasteiger partial charge in [0.05, 0.1) is 12.8 Å². The molecule has 3 rings (SSSR count). The van der Waals surface area contributed by atoms with Crippen molar-refractivity contribution in [3.8, 4) is 5.75 Å². The number of ether oxygens (including phenoxy) is 1. The SMILES string of the molecule is COc1ccc(C(=O)Nc2ccccc2)cc1NCc1ccc(F)c(F)c1. The van der Waals surface area contributed by atoms with E-state index in [-0.39, 0.29) is 12.5 Å². The van der Waals surface area contributed by atoms with E-state index in [2.05, 4.69) is 10.6 Å². The van der Waals surface area contributed by atoms with Crippen molar-refractivity contribution in [2.24, 2.45) is 0 Å². The molecule has 27 heavy (non-hydrogen) atoms. The highest BCUT2D eigenvalue weighted by Crippen LogP contribution is 2.26. The number of amides is 1. The van der Waals surface area contributed by atoms with Crippen LogP contribution >= 0.6 is 0 Å². The normalized spacial score (nSPS) is 10.3. The van der Waals surface area contributed by atoms with Crippen LogP contribution in [0.5, 0.6) is 5.75 Å². The Bertz CT molecular complexity index is 946. The first kappa shape index (κ1) is 18.4. The standard InChI is InChI=1S/C21H18F2N2O2/c1-27-20-10-8-15(21(26)25-16-5-3-2-4-6-16)12-19(20)24-13-14-7-9-17(22)18(23)11-14/h2-12,24H,13H2,1H3,(H,25,26). The maximum Gasteiger partial charge on any atom is 0.255 e. The quantitative estimate of drug-likeness (QED) is 0.655. The summed E-state index contributed by atoms with van der Waals surface area (Å²) in [4.78, 5) is 12.5. The van der Waals surface area contributed by atoms with E-state index < -0.39 is 11.6 Å². The molecule has 2 N–H and O–H groups in total. The second-order valence-electron chi connectivity index (χ2n) is 5.84. The van der Waals surface area contributed by atoms with Crippen molar-refractivity contribution in [1.82, 2.24) is 0 Å². The van der Waals surface area contributed by atoms with E-state index in [0.29, 0.717) is 28.3 Å². The minimum atomic E-state index is -0.905. The molecule has 0 radical (unpaired) electrons. The van der Waals surface area contributed by atoms with E-state index in [0.717, 1.165) is 12.1 Å². The van der Waals surface area contributed by atoms with Gasteiger partial charge < -0.3 is 15.4 Å². The highest BCUT2D eigenvalue weighted by atomic mass is 19.2. The van der Waals surface area contributed by atoms with Crippen molar-refractivity contribution in [2.45, 2.75) is 6.54 Å². The minimum absolute atomic E-state index is 0.247. The fraction of sp³-hybridized carbons (Fsp3) is 0.0952. The Morgan fingerprint density at radius 1 is 0.963 bits per heavy atom. The van der Waals surface area contributed by atoms with Crippen LogP contribution in [0.1, 0.15) is 15.9 Å². The number of hydrogen-bond donors (Lipinski definition) is 2. The number of halogens is 2. The third-order valence-corrected chi connectivity index (χ3v) is 3.96. The van der Waals surface area contributed by atoms with Crippen LogP contribution in [0.25, 0.3) is 0 Å². The summed E-state index contributed by atoms with van der Waals surface area (Å²) in [7, 11) is 1.52. The molecule has 138 valence electrons. The number of hydrogen-bond acceptors (Lipinski definition) is 3. The second kappa shape index (κ2) is 8.31. The third kappa shape index (κ3) is 4.61. The molecule has 1 amide bonds. The van der Waals surface area contributed by atoms with Crippen LogP contribution in [0.2, 0.25) is 0 Å². The number of carbonyl (C=O) groups is 1. The molecule has 0 unspecified atom stereocenters. The molecule has 0 bridgehead atoms. The molecule has 0 fully saturated rings. The lowest BCUT2D eigenvalue weighted by molar-refractivity contribution is 0.102. The Balaban J connectivity index is 1.76. The first-order valence-electron chi connectivity index (χ1n) is 8.29. The predicted octanol–water partition coefficient (Wildman–Crippen LogP) is 4.84. The molecular weight excluding hydrogens is 350 g/mol. The minimum Gasteiger partial charge on any atom is -0.495 e. The number of benzene rings is 3. The molecule has 0 atom stereocenters. The highest BCUT2D eigenvalue weighted by molar-refractivity contribution is 6.05. The van der Waals surface area contributed by atoms with Crippen molar-refractivity contribution >= 4 is 17.3 Å². The van der Waals surface area contributed by atoms with Crippen molar-refractivity contribution < 1.29 is 18.3 Å². The van der Waals surface area contributed by atoms with E-state index in [4.69, 9.17) is 4.74 Å². The Hall–Kier alpha value is -3.41. The van der Waals surface area contributed by atoms with E-state index in [9.17, 15) is 13.6 Å². The van der Waals surface area contributed by atoms with Crippen LogP contribution in [-0.4, -0.2) is 13.0 Å². The Morgan fingerprint density at radius 2 is 1.74 bits per heavy atom. The summed E-state index contributed by atoms with van der Waals surface area (Å²) in [6.07, 6.45) is 0. The summed E-state index contributed by atoms with van der Waals surface area (Å²) >= 11 is 0. The molecule has 0 aliphatic carbocycles. The van der Waals surface area contributed by atoms with Crippen LogP contribution in [-0.2, 0) is 6.54 Å². The molecule has 6 heteroatoms. The van der Waals surface area contributed by atoms with Gasteiger partial charge >= 0.3 is 0 Å². The molecular formula is C21H18F2N2O2. The molecule has 3 aromatic carbocycles. The van der Waals surface area contributed by atoms with Gasteiger partial charge in [0.2, 0.25) is 0 Å². The van der Waals surface area contributed by atoms with Crippen molar-refractivity contribution in [1.29, 1.82) is 0 Å². The number of rotatable bonds is 6. The zero-order valence-electron chi connectivity index (χ0n) is 14.6. The highest BCUT2D eigenvalue weighted by Gasteiger charge is 2.11. The number of nitrogens with one attached hydrogen (secondary N) is 2. The third-order valence-electron chi connectivity index (χ3n) is 3.96. The van der Waals surface area contributed by atoms with Crippen molar-refractivity contribution in [2.75, 3.05) is 17.7 Å². The Morgan fingerprint density at radius 3 is 2.44 bits per heavy atom. The van der Waals surface area contributed by atoms with Crippen LogP contribution in [0, 0.1) is 11.6 Å². The maximum absolute atomic E-state index is 13.3. The van der Waals surface area contributed by atoms with Gasteiger partial charge in [0.15, 0.2) is 11.6 Å². The van der Waals surface area contributed by atoms with Crippen LogP contribution in [0.4, 0.5) is 20.2 Å². The lowest BCUT2D eigenvalue weighted by Gasteiger charge is -2.13. The smallest absolute Gasteiger partial charge is 0.255 e. The zero-order valence-corrected chi connectivity index (χ0v) is 14.6. The topological polar surface area (TPSA) is 50.4 Å². The lowest BCUT2D eigenvalue weighted by atomic mass is 10.1. The summed E-state index contributed by atoms with van der Waals surface area (Å²) in [5.41, 5.74) is 2.26. The van der Waals surface area contributed by atoms with Gasteiger partial charge in [-0.15, -0.1) is 0 Å². The molecule has 3 aromatic rings. The molecule has 0 saturated carbocycles. The predicted molar refractivity (Wildman–Crippen MR) is 101 cm³/mol. The zero-order chi connectivity index (χ0) is 19.2. The molecule has 4 nitrogen and oxygen atoms in total. The fourth-order valence-corrected chi connectivity index (χ4v) is 2.56. The second-order valence-corrected chi connectivity index (χ2v) is 5.84. The van der Waals surface area contributed by atoms with Crippen LogP contribution in [0.3, 0.4) is 0 Å². The largest absolute Gasteiger partial charge is 0.495 e. The summed E-state index contributed by atoms with van der Waals surface area (Å²) in [6.45, 7) is 0.247. The van der Waals surface area contributed by atoms with Gasteiger partial charge in [-0.3, -0.25) is 4.79 Å². The first-order valence-corrected chi connectivity index (χ1v) is 8.29. The maximum atomic E-state index is 13.3. The van der Waals surface area contributed by atoms with Gasteiger partial charge in [0.25, 0.3) is 5.91 Å². The lowest BCUT2D eigenvalue weighted by Crippen LogP contribution is -2.12. The van der Waals surface area contributed by atoms with Crippen molar-refractivity contribution in [3.05, 3.63) is 89.5 Å².